The summed E-state index contributed by atoms with van der Waals surface area (Å²) in [5.41, 5.74) is 0.831. The highest BCUT2D eigenvalue weighted by atomic mass is 19.4. The lowest BCUT2D eigenvalue weighted by molar-refractivity contribution is -0.137. The van der Waals surface area contributed by atoms with Crippen LogP contribution in [0.2, 0.25) is 0 Å². The predicted molar refractivity (Wildman–Crippen MR) is 74.9 cm³/mol. The van der Waals surface area contributed by atoms with Crippen LogP contribution in [0.25, 0.3) is 0 Å². The first-order valence-corrected chi connectivity index (χ1v) is 7.00. The van der Waals surface area contributed by atoms with E-state index in [2.05, 4.69) is 17.3 Å². The van der Waals surface area contributed by atoms with E-state index in [-0.39, 0.29) is 0 Å². The molecule has 1 aromatic rings. The van der Waals surface area contributed by atoms with Gasteiger partial charge in [0.1, 0.15) is 0 Å². The van der Waals surface area contributed by atoms with E-state index < -0.39 is 11.7 Å². The topological polar surface area (TPSA) is 15.3 Å². The van der Waals surface area contributed by atoms with Crippen molar-refractivity contribution in [2.24, 2.45) is 0 Å². The lowest BCUT2D eigenvalue weighted by Crippen LogP contribution is -2.40. The summed E-state index contributed by atoms with van der Waals surface area (Å²) in [6.07, 6.45) is -0.791. The van der Waals surface area contributed by atoms with E-state index in [0.717, 1.165) is 24.6 Å². The summed E-state index contributed by atoms with van der Waals surface area (Å²) in [6, 6.07) is 4.26. The number of alkyl halides is 3. The molecule has 1 saturated heterocycles. The van der Waals surface area contributed by atoms with Gasteiger partial charge >= 0.3 is 6.18 Å². The summed E-state index contributed by atoms with van der Waals surface area (Å²) in [5, 5.41) is 3.18. The molecule has 0 aliphatic carbocycles. The van der Waals surface area contributed by atoms with Gasteiger partial charge in [-0.1, -0.05) is 12.5 Å². The Kier molecular flexibility index (Phi) is 4.58. The van der Waals surface area contributed by atoms with Crippen molar-refractivity contribution in [3.63, 3.8) is 0 Å². The Labute approximate surface area is 118 Å². The quantitative estimate of drug-likeness (QED) is 0.906. The number of benzene rings is 1. The van der Waals surface area contributed by atoms with Crippen LogP contribution in [0.1, 0.15) is 30.4 Å². The standard InChI is InChI=1S/C15H21F3N2/c1-11-6-7-12(15(16,17)18)9-14(11)19-10-13-5-3-4-8-20(13)2/h6-7,9,13,19H,3-5,8,10H2,1-2H3. The number of halogens is 3. The smallest absolute Gasteiger partial charge is 0.383 e. The number of piperidine rings is 1. The number of aryl methyl sites for hydroxylation is 1. The zero-order chi connectivity index (χ0) is 14.8. The molecule has 0 spiro atoms. The molecular weight excluding hydrogens is 265 g/mol. The van der Waals surface area contributed by atoms with Gasteiger partial charge in [0.05, 0.1) is 5.56 Å². The zero-order valence-corrected chi connectivity index (χ0v) is 11.9. The number of likely N-dealkylation sites (N-methyl/N-ethyl adjacent to an activating group) is 1. The fourth-order valence-corrected chi connectivity index (χ4v) is 2.62. The average Bonchev–Trinajstić information content (AvgIpc) is 2.38. The molecule has 1 aliphatic heterocycles. The van der Waals surface area contributed by atoms with Crippen LogP contribution in [-0.2, 0) is 6.18 Å². The SMILES string of the molecule is Cc1ccc(C(F)(F)F)cc1NCC1CCCCN1C. The lowest BCUT2D eigenvalue weighted by Gasteiger charge is -2.33. The molecule has 1 unspecified atom stereocenters. The Bertz CT molecular complexity index is 457. The van der Waals surface area contributed by atoms with Gasteiger partial charge < -0.3 is 10.2 Å². The van der Waals surface area contributed by atoms with Crippen LogP contribution in [0.5, 0.6) is 0 Å². The van der Waals surface area contributed by atoms with Gasteiger partial charge in [-0.3, -0.25) is 0 Å². The summed E-state index contributed by atoms with van der Waals surface area (Å²) in [7, 11) is 2.07. The van der Waals surface area contributed by atoms with E-state index in [1.54, 1.807) is 0 Å². The van der Waals surface area contributed by atoms with E-state index in [9.17, 15) is 13.2 Å². The second-order valence-electron chi connectivity index (χ2n) is 5.54. The van der Waals surface area contributed by atoms with E-state index >= 15 is 0 Å². The first-order valence-electron chi connectivity index (χ1n) is 7.00. The van der Waals surface area contributed by atoms with Crippen molar-refractivity contribution < 1.29 is 13.2 Å². The second-order valence-corrected chi connectivity index (χ2v) is 5.54. The van der Waals surface area contributed by atoms with Gasteiger partial charge in [-0.25, -0.2) is 0 Å². The first kappa shape index (κ1) is 15.2. The van der Waals surface area contributed by atoms with Gasteiger partial charge in [0.2, 0.25) is 0 Å². The maximum Gasteiger partial charge on any atom is 0.416 e. The molecule has 0 bridgehead atoms. The van der Waals surface area contributed by atoms with Gasteiger partial charge in [-0.15, -0.1) is 0 Å². The fourth-order valence-electron chi connectivity index (χ4n) is 2.62. The van der Waals surface area contributed by atoms with Crippen LogP contribution in [-0.4, -0.2) is 31.1 Å². The highest BCUT2D eigenvalue weighted by molar-refractivity contribution is 5.53. The monoisotopic (exact) mass is 286 g/mol. The van der Waals surface area contributed by atoms with E-state index in [4.69, 9.17) is 0 Å². The van der Waals surface area contributed by atoms with Crippen LogP contribution >= 0.6 is 0 Å². The summed E-state index contributed by atoms with van der Waals surface area (Å²) in [4.78, 5) is 2.28. The molecule has 112 valence electrons. The Morgan fingerprint density at radius 1 is 1.30 bits per heavy atom. The second kappa shape index (κ2) is 6.04. The molecule has 1 N–H and O–H groups in total. The number of rotatable bonds is 3. The molecule has 1 atom stereocenters. The largest absolute Gasteiger partial charge is 0.416 e. The summed E-state index contributed by atoms with van der Waals surface area (Å²) < 4.78 is 38.2. The van der Waals surface area contributed by atoms with Gasteiger partial charge in [-0.05, 0) is 51.1 Å². The molecule has 1 aromatic carbocycles. The minimum atomic E-state index is -4.29. The number of anilines is 1. The molecule has 0 radical (unpaired) electrons. The molecule has 20 heavy (non-hydrogen) atoms. The van der Waals surface area contributed by atoms with Crippen molar-refractivity contribution in [3.8, 4) is 0 Å². The Balaban J connectivity index is 2.05. The van der Waals surface area contributed by atoms with Crippen molar-refractivity contribution in [2.45, 2.75) is 38.4 Å². The molecule has 5 heteroatoms. The van der Waals surface area contributed by atoms with Crippen molar-refractivity contribution in [1.82, 2.24) is 4.90 Å². The van der Waals surface area contributed by atoms with Gasteiger partial charge in [0.15, 0.2) is 0 Å². The molecule has 1 fully saturated rings. The summed E-state index contributed by atoms with van der Waals surface area (Å²) >= 11 is 0. The molecule has 1 heterocycles. The number of likely N-dealkylation sites (tertiary alicyclic amines) is 1. The van der Waals surface area contributed by atoms with Gasteiger partial charge in [-0.2, -0.15) is 13.2 Å². The summed E-state index contributed by atoms with van der Waals surface area (Å²) in [5.74, 6) is 0. The lowest BCUT2D eigenvalue weighted by atomic mass is 10.0. The zero-order valence-electron chi connectivity index (χ0n) is 11.9. The van der Waals surface area contributed by atoms with Gasteiger partial charge in [0.25, 0.3) is 0 Å². The van der Waals surface area contributed by atoms with Crippen LogP contribution < -0.4 is 5.32 Å². The van der Waals surface area contributed by atoms with Crippen LogP contribution in [0.4, 0.5) is 18.9 Å². The third kappa shape index (κ3) is 3.66. The molecule has 2 rings (SSSR count). The molecule has 0 aromatic heterocycles. The molecular formula is C15H21F3N2. The van der Waals surface area contributed by atoms with E-state index in [1.165, 1.54) is 25.0 Å². The predicted octanol–water partition coefficient (Wildman–Crippen LogP) is 3.91. The minimum Gasteiger partial charge on any atom is -0.383 e. The number of nitrogens with one attached hydrogen (secondary N) is 1. The van der Waals surface area contributed by atoms with E-state index in [0.29, 0.717) is 18.3 Å². The maximum atomic E-state index is 12.7. The highest BCUT2D eigenvalue weighted by Crippen LogP contribution is 2.32. The Morgan fingerprint density at radius 2 is 2.05 bits per heavy atom. The maximum absolute atomic E-state index is 12.7. The van der Waals surface area contributed by atoms with Crippen molar-refractivity contribution >= 4 is 5.69 Å². The molecule has 1 aliphatic rings. The van der Waals surface area contributed by atoms with E-state index in [1.807, 2.05) is 6.92 Å². The third-order valence-corrected chi connectivity index (χ3v) is 4.01. The third-order valence-electron chi connectivity index (χ3n) is 4.01. The summed E-state index contributed by atoms with van der Waals surface area (Å²) in [6.45, 7) is 3.58. The number of nitrogens with zero attached hydrogens (tertiary/aromatic N) is 1. The highest BCUT2D eigenvalue weighted by Gasteiger charge is 2.30. The molecule has 0 saturated carbocycles. The normalized spacial score (nSPS) is 20.9. The van der Waals surface area contributed by atoms with Crippen LogP contribution in [0.15, 0.2) is 18.2 Å². The molecule has 0 amide bonds. The fraction of sp³-hybridized carbons (Fsp3) is 0.600. The van der Waals surface area contributed by atoms with Crippen LogP contribution in [0.3, 0.4) is 0 Å². The molecule has 2 nitrogen and oxygen atoms in total. The van der Waals surface area contributed by atoms with Crippen molar-refractivity contribution in [2.75, 3.05) is 25.5 Å². The average molecular weight is 286 g/mol. The van der Waals surface area contributed by atoms with Crippen LogP contribution in [0, 0.1) is 6.92 Å². The Hall–Kier alpha value is -1.23. The van der Waals surface area contributed by atoms with Crippen molar-refractivity contribution in [3.05, 3.63) is 29.3 Å². The van der Waals surface area contributed by atoms with Gasteiger partial charge in [0, 0.05) is 18.3 Å². The Morgan fingerprint density at radius 3 is 2.70 bits per heavy atom. The number of hydrogen-bond donors (Lipinski definition) is 1. The minimum absolute atomic E-state index is 0.401. The first-order chi connectivity index (χ1) is 9.38. The number of hydrogen-bond acceptors (Lipinski definition) is 2. The van der Waals surface area contributed by atoms with Crippen molar-refractivity contribution in [1.29, 1.82) is 0 Å².